The maximum atomic E-state index is 11.5. The van der Waals surface area contributed by atoms with Crippen LogP contribution in [0.5, 0.6) is 0 Å². The van der Waals surface area contributed by atoms with Gasteiger partial charge in [-0.1, -0.05) is 6.07 Å². The molecule has 1 aromatic heterocycles. The Bertz CT molecular complexity index is 388. The number of hydrogen-bond donors (Lipinski definition) is 3. The fourth-order valence-electron chi connectivity index (χ4n) is 1.56. The molecule has 0 aliphatic heterocycles. The third-order valence-electron chi connectivity index (χ3n) is 2.31. The molecule has 5 nitrogen and oxygen atoms in total. The lowest BCUT2D eigenvalue weighted by Gasteiger charge is -2.21. The first-order chi connectivity index (χ1) is 9.37. The lowest BCUT2D eigenvalue weighted by Crippen LogP contribution is -2.46. The van der Waals surface area contributed by atoms with Crippen LogP contribution in [0.15, 0.2) is 17.5 Å². The van der Waals surface area contributed by atoms with Crippen molar-refractivity contribution in [1.82, 2.24) is 10.6 Å². The van der Waals surface area contributed by atoms with Crippen LogP contribution >= 0.6 is 11.3 Å². The Balaban J connectivity index is 2.05. The Morgan fingerprint density at radius 3 is 2.85 bits per heavy atom. The molecular weight excluding hydrogens is 276 g/mol. The maximum absolute atomic E-state index is 11.5. The van der Waals surface area contributed by atoms with Gasteiger partial charge in [0, 0.05) is 17.0 Å². The summed E-state index contributed by atoms with van der Waals surface area (Å²) in [5.41, 5.74) is -0.235. The number of aliphatic hydroxyl groups is 1. The van der Waals surface area contributed by atoms with E-state index in [4.69, 9.17) is 4.74 Å². The summed E-state index contributed by atoms with van der Waals surface area (Å²) in [4.78, 5) is 12.7. The van der Waals surface area contributed by atoms with E-state index in [9.17, 15) is 9.90 Å². The summed E-state index contributed by atoms with van der Waals surface area (Å²) in [7, 11) is 0. The second-order valence-corrected chi connectivity index (χ2v) is 6.71. The SMILES string of the molecule is CC(C)(C)NC(=O)CNCC(O)COCc1cccs1. The molecule has 3 N–H and O–H groups in total. The summed E-state index contributed by atoms with van der Waals surface area (Å²) < 4.78 is 5.40. The third kappa shape index (κ3) is 8.27. The predicted octanol–water partition coefficient (Wildman–Crippen LogP) is 1.13. The van der Waals surface area contributed by atoms with Gasteiger partial charge >= 0.3 is 0 Å². The minimum atomic E-state index is -0.614. The van der Waals surface area contributed by atoms with Gasteiger partial charge in [-0.3, -0.25) is 4.79 Å². The number of carbonyl (C=O) groups excluding carboxylic acids is 1. The molecule has 6 heteroatoms. The van der Waals surface area contributed by atoms with E-state index >= 15 is 0 Å². The van der Waals surface area contributed by atoms with Crippen molar-refractivity contribution in [2.75, 3.05) is 19.7 Å². The molecule has 0 aromatic carbocycles. The molecular formula is C14H24N2O3S. The number of hydrogen-bond acceptors (Lipinski definition) is 5. The number of thiophene rings is 1. The van der Waals surface area contributed by atoms with Gasteiger partial charge < -0.3 is 20.5 Å². The van der Waals surface area contributed by atoms with Crippen LogP contribution in [0.4, 0.5) is 0 Å². The van der Waals surface area contributed by atoms with Gasteiger partial charge in [0.1, 0.15) is 0 Å². The van der Waals surface area contributed by atoms with Crippen molar-refractivity contribution in [3.63, 3.8) is 0 Å². The highest BCUT2D eigenvalue weighted by molar-refractivity contribution is 7.09. The Labute approximate surface area is 124 Å². The van der Waals surface area contributed by atoms with Gasteiger partial charge in [0.2, 0.25) is 5.91 Å². The van der Waals surface area contributed by atoms with Crippen molar-refractivity contribution in [2.24, 2.45) is 0 Å². The van der Waals surface area contributed by atoms with E-state index in [1.165, 1.54) is 0 Å². The molecule has 0 spiro atoms. The van der Waals surface area contributed by atoms with Crippen LogP contribution < -0.4 is 10.6 Å². The molecule has 0 bridgehead atoms. The monoisotopic (exact) mass is 300 g/mol. The second kappa shape index (κ2) is 8.36. The van der Waals surface area contributed by atoms with Crippen molar-refractivity contribution < 1.29 is 14.6 Å². The third-order valence-corrected chi connectivity index (χ3v) is 3.16. The Kier molecular flexibility index (Phi) is 7.15. The van der Waals surface area contributed by atoms with E-state index in [1.54, 1.807) is 11.3 Å². The number of nitrogens with one attached hydrogen (secondary N) is 2. The summed E-state index contributed by atoms with van der Waals surface area (Å²) in [6, 6.07) is 3.96. The average molecular weight is 300 g/mol. The number of carbonyl (C=O) groups is 1. The highest BCUT2D eigenvalue weighted by Crippen LogP contribution is 2.09. The zero-order valence-corrected chi connectivity index (χ0v) is 13.1. The molecule has 0 saturated heterocycles. The van der Waals surface area contributed by atoms with E-state index in [1.807, 2.05) is 38.3 Å². The zero-order chi connectivity index (χ0) is 15.0. The molecule has 1 heterocycles. The second-order valence-electron chi connectivity index (χ2n) is 5.68. The smallest absolute Gasteiger partial charge is 0.234 e. The van der Waals surface area contributed by atoms with Gasteiger partial charge in [-0.25, -0.2) is 0 Å². The molecule has 0 saturated carbocycles. The Morgan fingerprint density at radius 2 is 2.25 bits per heavy atom. The van der Waals surface area contributed by atoms with Gasteiger partial charge in [0.15, 0.2) is 0 Å². The summed E-state index contributed by atoms with van der Waals surface area (Å²) in [6.45, 7) is 7.08. The molecule has 1 atom stereocenters. The fraction of sp³-hybridized carbons (Fsp3) is 0.643. The van der Waals surface area contributed by atoms with Gasteiger partial charge in [-0.15, -0.1) is 11.3 Å². The quantitative estimate of drug-likeness (QED) is 0.673. The van der Waals surface area contributed by atoms with Crippen molar-refractivity contribution in [1.29, 1.82) is 0 Å². The first kappa shape index (κ1) is 17.1. The number of amides is 1. The summed E-state index contributed by atoms with van der Waals surface area (Å²) in [6.07, 6.45) is -0.614. The van der Waals surface area contributed by atoms with Crippen molar-refractivity contribution in [2.45, 2.75) is 39.0 Å². The van der Waals surface area contributed by atoms with Crippen molar-refractivity contribution in [3.05, 3.63) is 22.4 Å². The van der Waals surface area contributed by atoms with Crippen LogP contribution in [0.3, 0.4) is 0 Å². The standard InChI is InChI=1S/C14H24N2O3S/c1-14(2,3)16-13(18)8-15-7-11(17)9-19-10-12-5-4-6-20-12/h4-6,11,15,17H,7-10H2,1-3H3,(H,16,18). The first-order valence-electron chi connectivity index (χ1n) is 6.67. The van der Waals surface area contributed by atoms with Crippen molar-refractivity contribution >= 4 is 17.2 Å². The fourth-order valence-corrected chi connectivity index (χ4v) is 2.20. The van der Waals surface area contributed by atoms with E-state index in [-0.39, 0.29) is 24.6 Å². The molecule has 1 rings (SSSR count). The van der Waals surface area contributed by atoms with E-state index in [2.05, 4.69) is 10.6 Å². The van der Waals surface area contributed by atoms with E-state index in [0.29, 0.717) is 13.2 Å². The number of rotatable bonds is 8. The molecule has 0 radical (unpaired) electrons. The maximum Gasteiger partial charge on any atom is 0.234 e. The average Bonchev–Trinajstić information content (AvgIpc) is 2.79. The predicted molar refractivity (Wildman–Crippen MR) is 80.7 cm³/mol. The van der Waals surface area contributed by atoms with E-state index in [0.717, 1.165) is 4.88 Å². The molecule has 20 heavy (non-hydrogen) atoms. The summed E-state index contributed by atoms with van der Waals surface area (Å²) >= 11 is 1.63. The van der Waals surface area contributed by atoms with Crippen LogP contribution in [-0.4, -0.2) is 42.4 Å². The van der Waals surface area contributed by atoms with Gasteiger partial charge in [0.25, 0.3) is 0 Å². The normalized spacial score (nSPS) is 13.2. The Morgan fingerprint density at radius 1 is 1.50 bits per heavy atom. The lowest BCUT2D eigenvalue weighted by molar-refractivity contribution is -0.121. The molecule has 0 fully saturated rings. The van der Waals surface area contributed by atoms with Crippen LogP contribution in [0.1, 0.15) is 25.6 Å². The van der Waals surface area contributed by atoms with Crippen LogP contribution in [0.2, 0.25) is 0 Å². The highest BCUT2D eigenvalue weighted by atomic mass is 32.1. The summed E-state index contributed by atoms with van der Waals surface area (Å²) in [5, 5.41) is 17.5. The van der Waals surface area contributed by atoms with Gasteiger partial charge in [-0.05, 0) is 32.2 Å². The molecule has 1 unspecified atom stereocenters. The molecule has 0 aliphatic carbocycles. The van der Waals surface area contributed by atoms with Gasteiger partial charge in [-0.2, -0.15) is 0 Å². The molecule has 1 aromatic rings. The topological polar surface area (TPSA) is 70.6 Å². The zero-order valence-electron chi connectivity index (χ0n) is 12.3. The minimum Gasteiger partial charge on any atom is -0.389 e. The highest BCUT2D eigenvalue weighted by Gasteiger charge is 2.13. The van der Waals surface area contributed by atoms with Crippen LogP contribution in [0, 0.1) is 0 Å². The largest absolute Gasteiger partial charge is 0.389 e. The van der Waals surface area contributed by atoms with Crippen molar-refractivity contribution in [3.8, 4) is 0 Å². The molecule has 0 aliphatic rings. The van der Waals surface area contributed by atoms with Crippen LogP contribution in [0.25, 0.3) is 0 Å². The minimum absolute atomic E-state index is 0.0794. The molecule has 1 amide bonds. The summed E-state index contributed by atoms with van der Waals surface area (Å²) in [5.74, 6) is -0.0794. The van der Waals surface area contributed by atoms with E-state index < -0.39 is 6.10 Å². The lowest BCUT2D eigenvalue weighted by atomic mass is 10.1. The molecule has 114 valence electrons. The first-order valence-corrected chi connectivity index (χ1v) is 7.55. The van der Waals surface area contributed by atoms with Crippen LogP contribution in [-0.2, 0) is 16.1 Å². The number of ether oxygens (including phenoxy) is 1. The number of aliphatic hydroxyl groups excluding tert-OH is 1. The Hall–Kier alpha value is -0.950. The van der Waals surface area contributed by atoms with Gasteiger partial charge in [0.05, 0.1) is 25.9 Å².